The van der Waals surface area contributed by atoms with Gasteiger partial charge in [-0.15, -0.1) is 0 Å². The molecule has 13 heteroatoms. The molecule has 2 aromatic carbocycles. The standard InChI is InChI=1S/C26H28O13/c27-10-26(34)11-37-25(23(26)33)36-9-18-20(30)21(31)22(32)24(39-18)38-14-5-6-15-17(7-14)35-8-16(19(15)29)12-1-3-13(28)4-2-12/h1-8,18,20-25,27-28,30-34H,9-11H2/t18-,20-,21+,22-,23-,24-,25-,26+/m1/s1. The van der Waals surface area contributed by atoms with Gasteiger partial charge in [-0.2, -0.15) is 0 Å². The minimum absolute atomic E-state index is 0.0580. The quantitative estimate of drug-likeness (QED) is 0.185. The predicted octanol–water partition coefficient (Wildman–Crippen LogP) is -1.19. The molecule has 8 atom stereocenters. The second-order valence-electron chi connectivity index (χ2n) is 9.54. The summed E-state index contributed by atoms with van der Waals surface area (Å²) in [5.74, 6) is 0.181. The Morgan fingerprint density at radius 1 is 0.974 bits per heavy atom. The molecule has 5 rings (SSSR count). The summed E-state index contributed by atoms with van der Waals surface area (Å²) >= 11 is 0. The van der Waals surface area contributed by atoms with Gasteiger partial charge >= 0.3 is 0 Å². The van der Waals surface area contributed by atoms with Crippen molar-refractivity contribution in [3.05, 3.63) is 59.0 Å². The fourth-order valence-electron chi connectivity index (χ4n) is 4.43. The van der Waals surface area contributed by atoms with Gasteiger partial charge in [0.2, 0.25) is 6.29 Å². The molecule has 0 saturated carbocycles. The van der Waals surface area contributed by atoms with Crippen LogP contribution >= 0.6 is 0 Å². The van der Waals surface area contributed by atoms with E-state index < -0.39 is 61.9 Å². The van der Waals surface area contributed by atoms with E-state index in [2.05, 4.69) is 0 Å². The summed E-state index contributed by atoms with van der Waals surface area (Å²) in [6.07, 6.45) is -9.29. The van der Waals surface area contributed by atoms with Crippen LogP contribution in [-0.2, 0) is 14.2 Å². The average molecular weight is 548 g/mol. The van der Waals surface area contributed by atoms with Crippen molar-refractivity contribution in [2.24, 2.45) is 0 Å². The molecular formula is C26H28O13. The number of fused-ring (bicyclic) bond motifs is 1. The van der Waals surface area contributed by atoms with Gasteiger partial charge in [-0.3, -0.25) is 4.79 Å². The second-order valence-corrected chi connectivity index (χ2v) is 9.54. The van der Waals surface area contributed by atoms with Crippen molar-refractivity contribution >= 4 is 11.0 Å². The van der Waals surface area contributed by atoms with Crippen molar-refractivity contribution in [3.63, 3.8) is 0 Å². The number of phenols is 1. The molecule has 7 N–H and O–H groups in total. The molecule has 2 aliphatic rings. The van der Waals surface area contributed by atoms with Crippen LogP contribution in [0, 0.1) is 0 Å². The monoisotopic (exact) mass is 548 g/mol. The van der Waals surface area contributed by atoms with Gasteiger partial charge in [0.25, 0.3) is 0 Å². The summed E-state index contributed by atoms with van der Waals surface area (Å²) in [6, 6.07) is 10.4. The zero-order valence-electron chi connectivity index (χ0n) is 20.4. The van der Waals surface area contributed by atoms with Crippen LogP contribution in [0.3, 0.4) is 0 Å². The van der Waals surface area contributed by atoms with Crippen LogP contribution in [0.1, 0.15) is 0 Å². The number of hydrogen-bond donors (Lipinski definition) is 7. The third kappa shape index (κ3) is 5.24. The van der Waals surface area contributed by atoms with Crippen LogP contribution in [0.5, 0.6) is 11.5 Å². The van der Waals surface area contributed by atoms with Crippen molar-refractivity contribution in [2.45, 2.75) is 48.7 Å². The highest BCUT2D eigenvalue weighted by molar-refractivity contribution is 5.82. The number of phenolic OH excluding ortho intramolecular Hbond substituents is 1. The van der Waals surface area contributed by atoms with Crippen molar-refractivity contribution in [1.82, 2.24) is 0 Å². The predicted molar refractivity (Wildman–Crippen MR) is 131 cm³/mol. The Morgan fingerprint density at radius 2 is 1.72 bits per heavy atom. The summed E-state index contributed by atoms with van der Waals surface area (Å²) in [5, 5.41) is 70.3. The molecule has 0 amide bonds. The zero-order chi connectivity index (χ0) is 27.9. The summed E-state index contributed by atoms with van der Waals surface area (Å²) in [4.78, 5) is 13.0. The van der Waals surface area contributed by atoms with Crippen molar-refractivity contribution < 1.29 is 59.1 Å². The van der Waals surface area contributed by atoms with Crippen molar-refractivity contribution in [1.29, 1.82) is 0 Å². The van der Waals surface area contributed by atoms with E-state index in [-0.39, 0.29) is 40.1 Å². The third-order valence-corrected chi connectivity index (χ3v) is 6.85. The first-order valence-corrected chi connectivity index (χ1v) is 12.1. The molecule has 3 aromatic rings. The van der Waals surface area contributed by atoms with E-state index in [0.717, 1.165) is 0 Å². The lowest BCUT2D eigenvalue weighted by Gasteiger charge is -2.40. The maximum atomic E-state index is 13.0. The van der Waals surface area contributed by atoms with E-state index in [0.29, 0.717) is 5.56 Å². The highest BCUT2D eigenvalue weighted by atomic mass is 16.7. The van der Waals surface area contributed by atoms with E-state index in [1.807, 2.05) is 0 Å². The first kappa shape index (κ1) is 27.5. The Balaban J connectivity index is 1.30. The fourth-order valence-corrected chi connectivity index (χ4v) is 4.43. The molecule has 0 bridgehead atoms. The van der Waals surface area contributed by atoms with Crippen LogP contribution in [0.25, 0.3) is 22.1 Å². The van der Waals surface area contributed by atoms with E-state index in [1.54, 1.807) is 12.1 Å². The van der Waals surface area contributed by atoms with Gasteiger partial charge in [-0.25, -0.2) is 0 Å². The van der Waals surface area contributed by atoms with E-state index >= 15 is 0 Å². The molecule has 2 saturated heterocycles. The van der Waals surface area contributed by atoms with E-state index in [1.165, 1.54) is 36.6 Å². The Hall–Kier alpha value is -3.11. The maximum Gasteiger partial charge on any atom is 0.229 e. The van der Waals surface area contributed by atoms with Crippen LogP contribution < -0.4 is 10.2 Å². The Labute approximate surface area is 220 Å². The number of benzene rings is 2. The van der Waals surface area contributed by atoms with Gasteiger partial charge in [0.15, 0.2) is 11.7 Å². The Bertz CT molecular complexity index is 1360. The smallest absolute Gasteiger partial charge is 0.229 e. The van der Waals surface area contributed by atoms with Crippen LogP contribution in [0.2, 0.25) is 0 Å². The summed E-state index contributed by atoms with van der Waals surface area (Å²) < 4.78 is 27.5. The highest BCUT2D eigenvalue weighted by Crippen LogP contribution is 2.30. The number of hydrogen-bond acceptors (Lipinski definition) is 13. The van der Waals surface area contributed by atoms with Gasteiger partial charge in [0.05, 0.1) is 30.8 Å². The molecule has 2 fully saturated rings. The summed E-state index contributed by atoms with van der Waals surface area (Å²) in [6.45, 7) is -1.58. The first-order chi connectivity index (χ1) is 18.6. The van der Waals surface area contributed by atoms with Crippen LogP contribution in [0.4, 0.5) is 0 Å². The SMILES string of the molecule is O=c1c(-c2ccc(O)cc2)coc2cc(O[C@@H]3O[C@H](CO[C@@H]4OC[C@@](O)(CO)[C@@H]4O)[C@@H](O)[C@H](O)[C@H]3O)ccc12. The van der Waals surface area contributed by atoms with E-state index in [9.17, 15) is 40.5 Å². The third-order valence-electron chi connectivity index (χ3n) is 6.85. The topological polar surface area (TPSA) is 209 Å². The maximum absolute atomic E-state index is 13.0. The molecule has 0 unspecified atom stereocenters. The zero-order valence-corrected chi connectivity index (χ0v) is 20.4. The Morgan fingerprint density at radius 3 is 2.41 bits per heavy atom. The number of rotatable bonds is 7. The largest absolute Gasteiger partial charge is 0.508 e. The first-order valence-electron chi connectivity index (χ1n) is 12.1. The van der Waals surface area contributed by atoms with Gasteiger partial charge in [0.1, 0.15) is 59.5 Å². The lowest BCUT2D eigenvalue weighted by Crippen LogP contribution is -2.60. The van der Waals surface area contributed by atoms with Crippen LogP contribution in [-0.4, -0.2) is 104 Å². The Kier molecular flexibility index (Phi) is 7.61. The molecule has 210 valence electrons. The molecule has 0 aliphatic carbocycles. The molecule has 3 heterocycles. The normalized spacial score (nSPS) is 32.9. The number of aromatic hydroxyl groups is 1. The van der Waals surface area contributed by atoms with Gasteiger partial charge in [-0.05, 0) is 29.8 Å². The molecule has 2 aliphatic heterocycles. The number of aliphatic hydroxyl groups excluding tert-OH is 5. The van der Waals surface area contributed by atoms with Gasteiger partial charge in [-0.1, -0.05) is 12.1 Å². The minimum Gasteiger partial charge on any atom is -0.508 e. The number of aliphatic hydroxyl groups is 6. The molecule has 1 aromatic heterocycles. The lowest BCUT2D eigenvalue weighted by molar-refractivity contribution is -0.289. The average Bonchev–Trinajstić information content (AvgIpc) is 3.22. The molecule has 39 heavy (non-hydrogen) atoms. The summed E-state index contributed by atoms with van der Waals surface area (Å²) in [7, 11) is 0. The molecule has 0 spiro atoms. The second kappa shape index (κ2) is 10.8. The molecule has 13 nitrogen and oxygen atoms in total. The fraction of sp³-hybridized carbons (Fsp3) is 0.423. The summed E-state index contributed by atoms with van der Waals surface area (Å²) in [5.41, 5.74) is -1.21. The van der Waals surface area contributed by atoms with Crippen molar-refractivity contribution in [3.8, 4) is 22.6 Å². The molecular weight excluding hydrogens is 520 g/mol. The minimum atomic E-state index is -1.91. The van der Waals surface area contributed by atoms with Gasteiger partial charge < -0.3 is 59.1 Å². The van der Waals surface area contributed by atoms with E-state index in [4.69, 9.17) is 23.4 Å². The van der Waals surface area contributed by atoms with Crippen LogP contribution in [0.15, 0.2) is 57.9 Å². The lowest BCUT2D eigenvalue weighted by atomic mass is 9.99. The van der Waals surface area contributed by atoms with Crippen molar-refractivity contribution in [2.75, 3.05) is 19.8 Å². The highest BCUT2D eigenvalue weighted by Gasteiger charge is 2.50. The molecule has 0 radical (unpaired) electrons. The van der Waals surface area contributed by atoms with Gasteiger partial charge in [0, 0.05) is 6.07 Å². The number of ether oxygens (including phenoxy) is 4.